The quantitative estimate of drug-likeness (QED) is 0.846. The maximum absolute atomic E-state index is 11.5. The van der Waals surface area contributed by atoms with Crippen molar-refractivity contribution in [2.45, 2.75) is 31.4 Å². The van der Waals surface area contributed by atoms with Gasteiger partial charge in [-0.25, -0.2) is 0 Å². The van der Waals surface area contributed by atoms with Gasteiger partial charge in [-0.1, -0.05) is 24.3 Å². The van der Waals surface area contributed by atoms with Crippen LogP contribution in [0.15, 0.2) is 24.3 Å². The van der Waals surface area contributed by atoms with Crippen LogP contribution >= 0.6 is 0 Å². The molecule has 5 heteroatoms. The molecule has 1 aromatic rings. The van der Waals surface area contributed by atoms with Gasteiger partial charge in [-0.05, 0) is 56.4 Å². The topological polar surface area (TPSA) is 55.8 Å². The number of carbonyl (C=O) groups is 1. The third-order valence-electron chi connectivity index (χ3n) is 5.63. The number of nitrogens with one attached hydrogen (secondary N) is 1. The molecule has 2 atom stereocenters. The molecule has 1 fully saturated rings. The number of piperidine rings is 1. The summed E-state index contributed by atoms with van der Waals surface area (Å²) < 4.78 is 0. The van der Waals surface area contributed by atoms with Gasteiger partial charge in [-0.2, -0.15) is 0 Å². The fourth-order valence-electron chi connectivity index (χ4n) is 4.10. The van der Waals surface area contributed by atoms with E-state index >= 15 is 0 Å². The lowest BCUT2D eigenvalue weighted by Gasteiger charge is -2.35. The summed E-state index contributed by atoms with van der Waals surface area (Å²) in [6.07, 6.45) is 2.80. The Hall–Kier alpha value is -1.43. The largest absolute Gasteiger partial charge is 0.387 e. The molecule has 132 valence electrons. The van der Waals surface area contributed by atoms with Crippen LogP contribution in [-0.4, -0.2) is 67.1 Å². The highest BCUT2D eigenvalue weighted by Gasteiger charge is 2.34. The van der Waals surface area contributed by atoms with E-state index in [4.69, 9.17) is 0 Å². The summed E-state index contributed by atoms with van der Waals surface area (Å²) in [5.41, 5.74) is 2.37. The lowest BCUT2D eigenvalue weighted by atomic mass is 9.95. The summed E-state index contributed by atoms with van der Waals surface area (Å²) in [4.78, 5) is 16.0. The molecular weight excluding hydrogens is 302 g/mol. The number of amides is 1. The molecule has 24 heavy (non-hydrogen) atoms. The Kier molecular flexibility index (Phi) is 5.54. The van der Waals surface area contributed by atoms with Crippen molar-refractivity contribution < 1.29 is 9.90 Å². The molecule has 1 aromatic carbocycles. The van der Waals surface area contributed by atoms with Gasteiger partial charge in [0.15, 0.2) is 0 Å². The molecule has 5 nitrogen and oxygen atoms in total. The molecule has 2 N–H and O–H groups in total. The Bertz CT molecular complexity index is 569. The molecule has 3 rings (SSSR count). The van der Waals surface area contributed by atoms with Crippen molar-refractivity contribution in [2.75, 3.05) is 40.3 Å². The minimum Gasteiger partial charge on any atom is -0.387 e. The average molecular weight is 331 g/mol. The van der Waals surface area contributed by atoms with Crippen molar-refractivity contribution in [1.82, 2.24) is 15.1 Å². The highest BCUT2D eigenvalue weighted by Crippen LogP contribution is 2.34. The van der Waals surface area contributed by atoms with E-state index in [0.717, 1.165) is 44.5 Å². The first-order valence-electron chi connectivity index (χ1n) is 8.97. The number of aliphatic hydroxyl groups is 1. The van der Waals surface area contributed by atoms with E-state index in [1.807, 2.05) is 12.1 Å². The zero-order valence-electron chi connectivity index (χ0n) is 14.7. The van der Waals surface area contributed by atoms with Gasteiger partial charge >= 0.3 is 0 Å². The number of likely N-dealkylation sites (N-methyl/N-ethyl adjacent to an activating group) is 2. The number of fused-ring (bicyclic) bond motifs is 1. The Morgan fingerprint density at radius 3 is 2.71 bits per heavy atom. The van der Waals surface area contributed by atoms with Crippen molar-refractivity contribution in [1.29, 1.82) is 0 Å². The molecule has 0 aromatic heterocycles. The highest BCUT2D eigenvalue weighted by molar-refractivity contribution is 5.77. The van der Waals surface area contributed by atoms with Crippen molar-refractivity contribution in [2.24, 2.45) is 5.92 Å². The summed E-state index contributed by atoms with van der Waals surface area (Å²) in [7, 11) is 3.83. The zero-order chi connectivity index (χ0) is 17.1. The third-order valence-corrected chi connectivity index (χ3v) is 5.63. The van der Waals surface area contributed by atoms with Crippen molar-refractivity contribution in [3.63, 3.8) is 0 Å². The van der Waals surface area contributed by atoms with Crippen LogP contribution in [0.2, 0.25) is 0 Å². The molecule has 2 aliphatic rings. The van der Waals surface area contributed by atoms with E-state index in [0.29, 0.717) is 12.5 Å². The normalized spacial score (nSPS) is 25.0. The zero-order valence-corrected chi connectivity index (χ0v) is 14.7. The lowest BCUT2D eigenvalue weighted by Crippen LogP contribution is -2.44. The van der Waals surface area contributed by atoms with Crippen LogP contribution in [-0.2, 0) is 11.2 Å². The van der Waals surface area contributed by atoms with E-state index < -0.39 is 0 Å². The second-order valence-electron chi connectivity index (χ2n) is 7.25. The number of aliphatic hydroxyl groups excluding tert-OH is 1. The number of hydrogen-bond acceptors (Lipinski definition) is 4. The summed E-state index contributed by atoms with van der Waals surface area (Å²) >= 11 is 0. The van der Waals surface area contributed by atoms with Gasteiger partial charge in [0.2, 0.25) is 5.91 Å². The van der Waals surface area contributed by atoms with Crippen molar-refractivity contribution in [3.05, 3.63) is 35.4 Å². The fraction of sp³-hybridized carbons (Fsp3) is 0.632. The van der Waals surface area contributed by atoms with Crippen LogP contribution in [0.3, 0.4) is 0 Å². The van der Waals surface area contributed by atoms with Gasteiger partial charge < -0.3 is 10.4 Å². The van der Waals surface area contributed by atoms with E-state index in [1.54, 1.807) is 7.05 Å². The number of likely N-dealkylation sites (tertiary alicyclic amines) is 1. The predicted molar refractivity (Wildman–Crippen MR) is 94.8 cm³/mol. The maximum atomic E-state index is 11.5. The summed E-state index contributed by atoms with van der Waals surface area (Å²) in [5.74, 6) is 0.740. The Labute approximate surface area is 144 Å². The van der Waals surface area contributed by atoms with E-state index in [-0.39, 0.29) is 18.1 Å². The Morgan fingerprint density at radius 2 is 2.04 bits per heavy atom. The molecule has 0 bridgehead atoms. The summed E-state index contributed by atoms with van der Waals surface area (Å²) in [5, 5.41) is 13.3. The Balaban J connectivity index is 1.49. The van der Waals surface area contributed by atoms with Gasteiger partial charge in [0.25, 0.3) is 0 Å². The molecular formula is C19H29N3O2. The van der Waals surface area contributed by atoms with Gasteiger partial charge in [-0.15, -0.1) is 0 Å². The van der Waals surface area contributed by atoms with E-state index in [1.165, 1.54) is 5.56 Å². The van der Waals surface area contributed by atoms with Crippen molar-refractivity contribution in [3.8, 4) is 0 Å². The first-order valence-corrected chi connectivity index (χ1v) is 8.97. The highest BCUT2D eigenvalue weighted by atomic mass is 16.3. The molecule has 2 unspecified atom stereocenters. The molecule has 0 spiro atoms. The van der Waals surface area contributed by atoms with Gasteiger partial charge in [0.1, 0.15) is 0 Å². The third kappa shape index (κ3) is 3.79. The van der Waals surface area contributed by atoms with Gasteiger partial charge in [-0.3, -0.25) is 14.6 Å². The second kappa shape index (κ2) is 7.64. The predicted octanol–water partition coefficient (Wildman–Crippen LogP) is 1.03. The minimum atomic E-state index is -0.375. The number of carbonyl (C=O) groups excluding carboxylic acids is 1. The van der Waals surface area contributed by atoms with Crippen LogP contribution in [0.4, 0.5) is 0 Å². The van der Waals surface area contributed by atoms with Crippen LogP contribution in [0.5, 0.6) is 0 Å². The summed E-state index contributed by atoms with van der Waals surface area (Å²) in [6, 6.07) is 8.42. The molecule has 1 saturated heterocycles. The van der Waals surface area contributed by atoms with Crippen molar-refractivity contribution >= 4 is 5.91 Å². The molecule has 1 aliphatic heterocycles. The average Bonchev–Trinajstić information content (AvgIpc) is 2.94. The lowest BCUT2D eigenvalue weighted by molar-refractivity contribution is -0.122. The Morgan fingerprint density at radius 1 is 1.33 bits per heavy atom. The van der Waals surface area contributed by atoms with Crippen LogP contribution < -0.4 is 5.32 Å². The number of rotatable bonds is 5. The van der Waals surface area contributed by atoms with E-state index in [9.17, 15) is 9.90 Å². The smallest absolute Gasteiger partial charge is 0.233 e. The fourth-order valence-corrected chi connectivity index (χ4v) is 4.10. The molecule has 1 heterocycles. The van der Waals surface area contributed by atoms with E-state index in [2.05, 4.69) is 34.3 Å². The number of benzene rings is 1. The summed E-state index contributed by atoms with van der Waals surface area (Å²) in [6.45, 7) is 3.50. The SMILES string of the molecule is CNC(=O)CN1CCC(CN(C)C2Cc3ccccc3C2O)CC1. The molecule has 0 radical (unpaired) electrons. The van der Waals surface area contributed by atoms with Crippen LogP contribution in [0.25, 0.3) is 0 Å². The first-order chi connectivity index (χ1) is 11.6. The maximum Gasteiger partial charge on any atom is 0.233 e. The second-order valence-corrected chi connectivity index (χ2v) is 7.25. The van der Waals surface area contributed by atoms with Gasteiger partial charge in [0, 0.05) is 19.6 Å². The standard InChI is InChI=1S/C19H29N3O2/c1-20-18(23)13-22-9-7-14(8-10-22)12-21(2)17-11-15-5-3-4-6-16(15)19(17)24/h3-6,14,17,19,24H,7-13H2,1-2H3,(H,20,23). The molecule has 0 saturated carbocycles. The molecule has 1 aliphatic carbocycles. The van der Waals surface area contributed by atoms with Crippen LogP contribution in [0, 0.1) is 5.92 Å². The minimum absolute atomic E-state index is 0.0948. The monoisotopic (exact) mass is 331 g/mol. The number of nitrogens with zero attached hydrogens (tertiary/aromatic N) is 2. The number of hydrogen-bond donors (Lipinski definition) is 2. The van der Waals surface area contributed by atoms with Crippen LogP contribution in [0.1, 0.15) is 30.1 Å². The van der Waals surface area contributed by atoms with Gasteiger partial charge in [0.05, 0.1) is 12.6 Å². The molecule has 1 amide bonds. The first kappa shape index (κ1) is 17.4.